The molecule has 0 radical (unpaired) electrons. The summed E-state index contributed by atoms with van der Waals surface area (Å²) in [4.78, 5) is 14.8. The monoisotopic (exact) mass is 466 g/mol. The van der Waals surface area contributed by atoms with Gasteiger partial charge in [-0.05, 0) is 49.7 Å². The summed E-state index contributed by atoms with van der Waals surface area (Å²) in [5.74, 6) is 0.866. The molecule has 3 rings (SSSR count). The zero-order chi connectivity index (χ0) is 22.2. The standard InChI is InChI=1S/C23H28Cl2N2O4/c1-27(18-6-9-30-10-7-18)8-11-31-19-5-3-4-16(12-19)15-26-23(28)17-13-20(24)22(29-2)21(25)14-17/h3-5,12-14,18H,6-11,15H2,1-2H3,(H,26,28). The van der Waals surface area contributed by atoms with Gasteiger partial charge in [0.15, 0.2) is 5.75 Å². The van der Waals surface area contributed by atoms with Gasteiger partial charge in [0.2, 0.25) is 0 Å². The first-order valence-electron chi connectivity index (χ1n) is 10.3. The van der Waals surface area contributed by atoms with Crippen LogP contribution in [0.2, 0.25) is 10.0 Å². The van der Waals surface area contributed by atoms with Crippen LogP contribution in [0.4, 0.5) is 0 Å². The molecule has 1 aliphatic heterocycles. The molecule has 1 heterocycles. The Bertz CT molecular complexity index is 865. The van der Waals surface area contributed by atoms with Gasteiger partial charge in [-0.1, -0.05) is 35.3 Å². The van der Waals surface area contributed by atoms with Gasteiger partial charge in [0, 0.05) is 37.9 Å². The number of likely N-dealkylation sites (N-methyl/N-ethyl adjacent to an activating group) is 1. The van der Waals surface area contributed by atoms with E-state index in [0.29, 0.717) is 40.6 Å². The number of halogens is 2. The van der Waals surface area contributed by atoms with Crippen molar-refractivity contribution in [2.24, 2.45) is 0 Å². The fourth-order valence-corrected chi connectivity index (χ4v) is 4.17. The summed E-state index contributed by atoms with van der Waals surface area (Å²) < 4.78 is 16.5. The van der Waals surface area contributed by atoms with E-state index in [0.717, 1.165) is 43.9 Å². The molecule has 0 bridgehead atoms. The number of ether oxygens (including phenoxy) is 3. The molecular weight excluding hydrogens is 439 g/mol. The Kier molecular flexibility index (Phi) is 8.84. The molecule has 0 atom stereocenters. The second-order valence-electron chi connectivity index (χ2n) is 7.48. The molecule has 0 saturated carbocycles. The molecule has 31 heavy (non-hydrogen) atoms. The molecule has 0 aromatic heterocycles. The van der Waals surface area contributed by atoms with Gasteiger partial charge in [0.25, 0.3) is 5.91 Å². The summed E-state index contributed by atoms with van der Waals surface area (Å²) in [5.41, 5.74) is 1.31. The van der Waals surface area contributed by atoms with Crippen LogP contribution in [-0.4, -0.2) is 57.4 Å². The molecule has 1 N–H and O–H groups in total. The van der Waals surface area contributed by atoms with Gasteiger partial charge in [-0.3, -0.25) is 9.69 Å². The number of hydrogen-bond donors (Lipinski definition) is 1. The van der Waals surface area contributed by atoms with Gasteiger partial charge < -0.3 is 19.5 Å². The fourth-order valence-electron chi connectivity index (χ4n) is 3.53. The van der Waals surface area contributed by atoms with E-state index < -0.39 is 0 Å². The summed E-state index contributed by atoms with van der Waals surface area (Å²) in [6.07, 6.45) is 2.13. The Balaban J connectivity index is 1.49. The number of carbonyl (C=O) groups excluding carboxylic acids is 1. The van der Waals surface area contributed by atoms with E-state index in [1.54, 1.807) is 0 Å². The predicted molar refractivity (Wildman–Crippen MR) is 123 cm³/mol. The maximum Gasteiger partial charge on any atom is 0.251 e. The second kappa shape index (κ2) is 11.6. The molecule has 8 heteroatoms. The molecule has 2 aromatic rings. The van der Waals surface area contributed by atoms with Gasteiger partial charge in [0.05, 0.1) is 17.2 Å². The molecule has 1 saturated heterocycles. The van der Waals surface area contributed by atoms with Gasteiger partial charge in [-0.2, -0.15) is 0 Å². The zero-order valence-electron chi connectivity index (χ0n) is 17.8. The second-order valence-corrected chi connectivity index (χ2v) is 8.29. The fraction of sp³-hybridized carbons (Fsp3) is 0.435. The molecule has 2 aromatic carbocycles. The van der Waals surface area contributed by atoms with Crippen LogP contribution in [0.1, 0.15) is 28.8 Å². The highest BCUT2D eigenvalue weighted by molar-refractivity contribution is 6.37. The molecule has 1 fully saturated rings. The van der Waals surface area contributed by atoms with Gasteiger partial charge in [-0.15, -0.1) is 0 Å². The third-order valence-corrected chi connectivity index (χ3v) is 5.90. The Morgan fingerprint density at radius 2 is 1.90 bits per heavy atom. The van der Waals surface area contributed by atoms with Crippen molar-refractivity contribution in [3.63, 3.8) is 0 Å². The Labute approximate surface area is 193 Å². The van der Waals surface area contributed by atoms with Crippen LogP contribution in [0, 0.1) is 0 Å². The summed E-state index contributed by atoms with van der Waals surface area (Å²) in [5, 5.41) is 3.46. The van der Waals surface area contributed by atoms with Crippen LogP contribution in [-0.2, 0) is 11.3 Å². The van der Waals surface area contributed by atoms with Crippen molar-refractivity contribution < 1.29 is 19.0 Å². The number of carbonyl (C=O) groups is 1. The Morgan fingerprint density at radius 3 is 2.58 bits per heavy atom. The maximum absolute atomic E-state index is 12.5. The van der Waals surface area contributed by atoms with Crippen molar-refractivity contribution in [3.05, 3.63) is 57.6 Å². The smallest absolute Gasteiger partial charge is 0.251 e. The van der Waals surface area contributed by atoms with E-state index in [1.807, 2.05) is 24.3 Å². The predicted octanol–water partition coefficient (Wildman–Crippen LogP) is 4.42. The number of nitrogens with zero attached hydrogens (tertiary/aromatic N) is 1. The summed E-state index contributed by atoms with van der Waals surface area (Å²) in [6, 6.07) is 11.3. The number of methoxy groups -OCH3 is 1. The largest absolute Gasteiger partial charge is 0.494 e. The Hall–Kier alpha value is -1.99. The first kappa shape index (κ1) is 23.7. The number of rotatable bonds is 9. The molecule has 168 valence electrons. The van der Waals surface area contributed by atoms with Crippen molar-refractivity contribution in [1.29, 1.82) is 0 Å². The number of hydrogen-bond acceptors (Lipinski definition) is 5. The normalized spacial score (nSPS) is 14.5. The number of nitrogens with one attached hydrogen (secondary N) is 1. The highest BCUT2D eigenvalue weighted by atomic mass is 35.5. The molecular formula is C23H28Cl2N2O4. The van der Waals surface area contributed by atoms with Crippen LogP contribution in [0.25, 0.3) is 0 Å². The minimum Gasteiger partial charge on any atom is -0.494 e. The molecule has 6 nitrogen and oxygen atoms in total. The van der Waals surface area contributed by atoms with Crippen LogP contribution < -0.4 is 14.8 Å². The molecule has 1 amide bonds. The first-order valence-corrected chi connectivity index (χ1v) is 11.0. The quantitative estimate of drug-likeness (QED) is 0.592. The molecule has 0 aliphatic carbocycles. The van der Waals surface area contributed by atoms with E-state index >= 15 is 0 Å². The van der Waals surface area contributed by atoms with Gasteiger partial charge in [0.1, 0.15) is 12.4 Å². The first-order chi connectivity index (χ1) is 15.0. The van der Waals surface area contributed by atoms with Crippen molar-refractivity contribution in [2.45, 2.75) is 25.4 Å². The van der Waals surface area contributed by atoms with Crippen LogP contribution in [0.3, 0.4) is 0 Å². The average Bonchev–Trinajstić information content (AvgIpc) is 2.78. The lowest BCUT2D eigenvalue weighted by Gasteiger charge is -2.31. The highest BCUT2D eigenvalue weighted by Crippen LogP contribution is 2.33. The van der Waals surface area contributed by atoms with Crippen LogP contribution in [0.15, 0.2) is 36.4 Å². The topological polar surface area (TPSA) is 60.0 Å². The van der Waals surface area contributed by atoms with Crippen molar-refractivity contribution in [1.82, 2.24) is 10.2 Å². The van der Waals surface area contributed by atoms with Crippen molar-refractivity contribution >= 4 is 29.1 Å². The third-order valence-electron chi connectivity index (χ3n) is 5.34. The van der Waals surface area contributed by atoms with Crippen molar-refractivity contribution in [2.75, 3.05) is 40.5 Å². The highest BCUT2D eigenvalue weighted by Gasteiger charge is 2.18. The number of amides is 1. The van der Waals surface area contributed by atoms with Crippen molar-refractivity contribution in [3.8, 4) is 11.5 Å². The van der Waals surface area contributed by atoms with Gasteiger partial charge >= 0.3 is 0 Å². The van der Waals surface area contributed by atoms with E-state index in [4.69, 9.17) is 37.4 Å². The minimum absolute atomic E-state index is 0.268. The SMILES string of the molecule is COc1c(Cl)cc(C(=O)NCc2cccc(OCCN(C)C3CCOCC3)c2)cc1Cl. The van der Waals surface area contributed by atoms with Crippen LogP contribution in [0.5, 0.6) is 11.5 Å². The summed E-state index contributed by atoms with van der Waals surface area (Å²) >= 11 is 12.2. The van der Waals surface area contributed by atoms with E-state index in [1.165, 1.54) is 19.2 Å². The van der Waals surface area contributed by atoms with E-state index in [-0.39, 0.29) is 5.91 Å². The maximum atomic E-state index is 12.5. The van der Waals surface area contributed by atoms with Crippen LogP contribution >= 0.6 is 23.2 Å². The van der Waals surface area contributed by atoms with Gasteiger partial charge in [-0.25, -0.2) is 0 Å². The summed E-state index contributed by atoms with van der Waals surface area (Å²) in [7, 11) is 3.61. The average molecular weight is 467 g/mol. The lowest BCUT2D eigenvalue weighted by molar-refractivity contribution is 0.0392. The summed E-state index contributed by atoms with van der Waals surface area (Å²) in [6.45, 7) is 3.48. The van der Waals surface area contributed by atoms with E-state index in [9.17, 15) is 4.79 Å². The number of benzene rings is 2. The Morgan fingerprint density at radius 1 is 1.19 bits per heavy atom. The zero-order valence-corrected chi connectivity index (χ0v) is 19.3. The molecule has 0 spiro atoms. The molecule has 1 aliphatic rings. The minimum atomic E-state index is -0.268. The van der Waals surface area contributed by atoms with E-state index in [2.05, 4.69) is 17.3 Å². The third kappa shape index (κ3) is 6.74. The lowest BCUT2D eigenvalue weighted by Crippen LogP contribution is -2.38. The molecule has 0 unspecified atom stereocenters. The lowest BCUT2D eigenvalue weighted by atomic mass is 10.1.